The van der Waals surface area contributed by atoms with E-state index in [4.69, 9.17) is 4.74 Å². The molecule has 1 heterocycles. The molecular formula is C17H21N3O4. The molecule has 0 saturated heterocycles. The zero-order valence-electron chi connectivity index (χ0n) is 14.0. The van der Waals surface area contributed by atoms with Crippen LogP contribution in [0.1, 0.15) is 30.8 Å². The molecule has 0 bridgehead atoms. The summed E-state index contributed by atoms with van der Waals surface area (Å²) in [4.78, 5) is 35.9. The third kappa shape index (κ3) is 4.18. The number of carbonyl (C=O) groups excluding carboxylic acids is 2. The van der Waals surface area contributed by atoms with E-state index in [-0.39, 0.29) is 23.8 Å². The Hall–Kier alpha value is -2.70. The van der Waals surface area contributed by atoms with E-state index in [9.17, 15) is 14.4 Å². The van der Waals surface area contributed by atoms with E-state index in [1.165, 1.54) is 7.05 Å². The van der Waals surface area contributed by atoms with Gasteiger partial charge in [0.1, 0.15) is 0 Å². The SMILES string of the molecule is CC(C)CCNC(=O)COC(=O)c1nn(C)c(=O)c2ccccc12. The van der Waals surface area contributed by atoms with Crippen molar-refractivity contribution in [3.63, 3.8) is 0 Å². The lowest BCUT2D eigenvalue weighted by Gasteiger charge is -2.09. The summed E-state index contributed by atoms with van der Waals surface area (Å²) >= 11 is 0. The van der Waals surface area contributed by atoms with Crippen molar-refractivity contribution in [2.24, 2.45) is 13.0 Å². The largest absolute Gasteiger partial charge is 0.451 e. The van der Waals surface area contributed by atoms with Gasteiger partial charge < -0.3 is 10.1 Å². The highest BCUT2D eigenvalue weighted by Crippen LogP contribution is 2.13. The first-order valence-corrected chi connectivity index (χ1v) is 7.80. The number of benzene rings is 1. The Morgan fingerprint density at radius 3 is 2.58 bits per heavy atom. The first-order valence-electron chi connectivity index (χ1n) is 7.80. The van der Waals surface area contributed by atoms with E-state index in [0.29, 0.717) is 23.2 Å². The number of esters is 1. The second kappa shape index (κ2) is 7.72. The molecule has 0 aliphatic heterocycles. The molecule has 0 spiro atoms. The van der Waals surface area contributed by atoms with Crippen molar-refractivity contribution >= 4 is 22.6 Å². The van der Waals surface area contributed by atoms with Crippen molar-refractivity contribution in [1.29, 1.82) is 0 Å². The van der Waals surface area contributed by atoms with Gasteiger partial charge in [-0.2, -0.15) is 5.10 Å². The molecule has 0 saturated carbocycles. The van der Waals surface area contributed by atoms with Crippen LogP contribution in [0.2, 0.25) is 0 Å². The maximum atomic E-state index is 12.2. The van der Waals surface area contributed by atoms with Crippen LogP contribution >= 0.6 is 0 Å². The lowest BCUT2D eigenvalue weighted by molar-refractivity contribution is -0.124. The molecule has 0 aliphatic carbocycles. The summed E-state index contributed by atoms with van der Waals surface area (Å²) in [6.45, 7) is 4.27. The van der Waals surface area contributed by atoms with Crippen molar-refractivity contribution in [3.8, 4) is 0 Å². The minimum absolute atomic E-state index is 0.0164. The van der Waals surface area contributed by atoms with Crippen LogP contribution in [0, 0.1) is 5.92 Å². The molecule has 0 atom stereocenters. The number of hydrogen-bond donors (Lipinski definition) is 1. The van der Waals surface area contributed by atoms with Crippen LogP contribution in [-0.2, 0) is 16.6 Å². The second-order valence-corrected chi connectivity index (χ2v) is 5.93. The standard InChI is InChI=1S/C17H21N3O4/c1-11(2)8-9-18-14(21)10-24-17(23)15-12-6-4-5-7-13(12)16(22)20(3)19-15/h4-7,11H,8-10H2,1-3H3,(H,18,21). The molecule has 1 aromatic heterocycles. The van der Waals surface area contributed by atoms with E-state index in [1.807, 2.05) is 0 Å². The molecule has 0 fully saturated rings. The molecule has 0 unspecified atom stereocenters. The normalized spacial score (nSPS) is 10.8. The molecule has 0 radical (unpaired) electrons. The van der Waals surface area contributed by atoms with Gasteiger partial charge in [0.25, 0.3) is 11.5 Å². The summed E-state index contributed by atoms with van der Waals surface area (Å²) < 4.78 is 6.11. The number of amides is 1. The number of rotatable bonds is 6. The molecule has 128 valence electrons. The number of nitrogens with zero attached hydrogens (tertiary/aromatic N) is 2. The predicted molar refractivity (Wildman–Crippen MR) is 89.7 cm³/mol. The number of hydrogen-bond acceptors (Lipinski definition) is 5. The van der Waals surface area contributed by atoms with E-state index >= 15 is 0 Å². The Labute approximate surface area is 139 Å². The van der Waals surface area contributed by atoms with Gasteiger partial charge in [-0.15, -0.1) is 0 Å². The quantitative estimate of drug-likeness (QED) is 0.805. The summed E-state index contributed by atoms with van der Waals surface area (Å²) in [5.41, 5.74) is -0.281. The van der Waals surface area contributed by atoms with Gasteiger partial charge in [-0.1, -0.05) is 32.0 Å². The first-order chi connectivity index (χ1) is 11.4. The highest BCUT2D eigenvalue weighted by atomic mass is 16.5. The van der Waals surface area contributed by atoms with Gasteiger partial charge in [-0.25, -0.2) is 9.48 Å². The Morgan fingerprint density at radius 2 is 1.92 bits per heavy atom. The van der Waals surface area contributed by atoms with Gasteiger partial charge in [-0.05, 0) is 18.4 Å². The minimum Gasteiger partial charge on any atom is -0.451 e. The summed E-state index contributed by atoms with van der Waals surface area (Å²) in [7, 11) is 1.46. The average Bonchev–Trinajstić information content (AvgIpc) is 2.55. The molecule has 2 rings (SSSR count). The second-order valence-electron chi connectivity index (χ2n) is 5.93. The summed E-state index contributed by atoms with van der Waals surface area (Å²) in [6.07, 6.45) is 0.854. The Bertz CT molecular complexity index is 811. The fourth-order valence-electron chi connectivity index (χ4n) is 2.20. The predicted octanol–water partition coefficient (Wildman–Crippen LogP) is 1.25. The van der Waals surface area contributed by atoms with Crippen molar-refractivity contribution in [2.45, 2.75) is 20.3 Å². The van der Waals surface area contributed by atoms with Crippen LogP contribution < -0.4 is 10.9 Å². The van der Waals surface area contributed by atoms with E-state index in [0.717, 1.165) is 11.1 Å². The third-order valence-corrected chi connectivity index (χ3v) is 3.53. The average molecular weight is 331 g/mol. The lowest BCUT2D eigenvalue weighted by Crippen LogP contribution is -2.31. The molecule has 7 heteroatoms. The molecule has 2 aromatic rings. The molecule has 1 N–H and O–H groups in total. The maximum absolute atomic E-state index is 12.2. The van der Waals surface area contributed by atoms with Crippen LogP contribution in [0.3, 0.4) is 0 Å². The number of ether oxygens (including phenoxy) is 1. The van der Waals surface area contributed by atoms with E-state index < -0.39 is 5.97 Å². The zero-order valence-corrected chi connectivity index (χ0v) is 14.0. The van der Waals surface area contributed by atoms with Crippen LogP contribution in [0.15, 0.2) is 29.1 Å². The van der Waals surface area contributed by atoms with Crippen LogP contribution in [0.5, 0.6) is 0 Å². The highest BCUT2D eigenvalue weighted by Gasteiger charge is 2.17. The number of aromatic nitrogens is 2. The van der Waals surface area contributed by atoms with E-state index in [2.05, 4.69) is 24.3 Å². The molecule has 7 nitrogen and oxygen atoms in total. The zero-order chi connectivity index (χ0) is 17.7. The van der Waals surface area contributed by atoms with E-state index in [1.54, 1.807) is 24.3 Å². The molecular weight excluding hydrogens is 310 g/mol. The van der Waals surface area contributed by atoms with Crippen molar-refractivity contribution < 1.29 is 14.3 Å². The Morgan fingerprint density at radius 1 is 1.25 bits per heavy atom. The van der Waals surface area contributed by atoms with Crippen molar-refractivity contribution in [3.05, 3.63) is 40.3 Å². The summed E-state index contributed by atoms with van der Waals surface area (Å²) in [5.74, 6) is -0.618. The molecule has 1 aromatic carbocycles. The highest BCUT2D eigenvalue weighted by molar-refractivity contribution is 6.02. The van der Waals surface area contributed by atoms with Gasteiger partial charge >= 0.3 is 5.97 Å². The lowest BCUT2D eigenvalue weighted by atomic mass is 10.1. The number of aryl methyl sites for hydroxylation is 1. The van der Waals surface area contributed by atoms with Gasteiger partial charge in [0.2, 0.25) is 0 Å². The monoisotopic (exact) mass is 331 g/mol. The van der Waals surface area contributed by atoms with Gasteiger partial charge in [-0.3, -0.25) is 9.59 Å². The topological polar surface area (TPSA) is 90.3 Å². The smallest absolute Gasteiger partial charge is 0.359 e. The minimum atomic E-state index is -0.735. The fourth-order valence-corrected chi connectivity index (χ4v) is 2.20. The van der Waals surface area contributed by atoms with Gasteiger partial charge in [0.15, 0.2) is 12.3 Å². The fraction of sp³-hybridized carbons (Fsp3) is 0.412. The number of fused-ring (bicyclic) bond motifs is 1. The maximum Gasteiger partial charge on any atom is 0.359 e. The third-order valence-electron chi connectivity index (χ3n) is 3.53. The van der Waals surface area contributed by atoms with Crippen molar-refractivity contribution in [1.82, 2.24) is 15.1 Å². The van der Waals surface area contributed by atoms with Crippen molar-refractivity contribution in [2.75, 3.05) is 13.2 Å². The summed E-state index contributed by atoms with van der Waals surface area (Å²) in [6, 6.07) is 6.66. The molecule has 1 amide bonds. The van der Waals surface area contributed by atoms with Gasteiger partial charge in [0.05, 0.1) is 5.39 Å². The molecule has 24 heavy (non-hydrogen) atoms. The number of nitrogens with one attached hydrogen (secondary N) is 1. The van der Waals surface area contributed by atoms with Crippen LogP contribution in [-0.4, -0.2) is 34.8 Å². The molecule has 0 aliphatic rings. The van der Waals surface area contributed by atoms with Gasteiger partial charge in [0, 0.05) is 19.0 Å². The first kappa shape index (κ1) is 17.7. The van der Waals surface area contributed by atoms with Crippen LogP contribution in [0.25, 0.3) is 10.8 Å². The van der Waals surface area contributed by atoms with Crippen LogP contribution in [0.4, 0.5) is 0 Å². The number of carbonyl (C=O) groups is 2. The summed E-state index contributed by atoms with van der Waals surface area (Å²) in [5, 5.41) is 7.43. The Kier molecular flexibility index (Phi) is 5.68. The Balaban J connectivity index is 2.08.